The first-order chi connectivity index (χ1) is 9.39. The molecule has 0 aliphatic carbocycles. The summed E-state index contributed by atoms with van der Waals surface area (Å²) < 4.78 is 28.1. The van der Waals surface area contributed by atoms with Crippen LogP contribution >= 0.6 is 0 Å². The van der Waals surface area contributed by atoms with Gasteiger partial charge >= 0.3 is 0 Å². The maximum absolute atomic E-state index is 12.0. The molecule has 2 aliphatic heterocycles. The molecule has 2 rings (SSSR count). The molecule has 2 saturated heterocycles. The van der Waals surface area contributed by atoms with E-state index < -0.39 is 9.84 Å². The van der Waals surface area contributed by atoms with Crippen LogP contribution in [0.3, 0.4) is 0 Å². The monoisotopic (exact) mass is 306 g/mol. The third kappa shape index (κ3) is 4.15. The molecule has 2 aliphatic rings. The summed E-state index contributed by atoms with van der Waals surface area (Å²) in [5.74, 6) is 0.0207. The number of rotatable bonds is 4. The summed E-state index contributed by atoms with van der Waals surface area (Å²) >= 11 is 0. The first kappa shape index (κ1) is 15.7. The molecular weight excluding hydrogens is 284 g/mol. The number of hydrogen-bond acceptors (Lipinski definition) is 6. The molecule has 0 spiro atoms. The topological polar surface area (TPSA) is 95.9 Å². The maximum atomic E-state index is 12.0. The molecule has 0 aromatic heterocycles. The Hall–Kier alpha value is -0.700. The van der Waals surface area contributed by atoms with Crippen LogP contribution in [0.15, 0.2) is 0 Å². The predicted molar refractivity (Wildman–Crippen MR) is 73.1 cm³/mol. The van der Waals surface area contributed by atoms with Crippen LogP contribution in [-0.4, -0.2) is 80.3 Å². The third-order valence-electron chi connectivity index (χ3n) is 3.78. The molecule has 3 atom stereocenters. The van der Waals surface area contributed by atoms with Crippen molar-refractivity contribution in [2.75, 3.05) is 37.8 Å². The van der Waals surface area contributed by atoms with E-state index in [1.165, 1.54) is 0 Å². The van der Waals surface area contributed by atoms with Crippen molar-refractivity contribution >= 4 is 15.7 Å². The predicted octanol–water partition coefficient (Wildman–Crippen LogP) is -1.63. The zero-order valence-electron chi connectivity index (χ0n) is 11.6. The number of aliphatic hydroxyl groups excluding tert-OH is 1. The Morgan fingerprint density at radius 3 is 2.85 bits per heavy atom. The van der Waals surface area contributed by atoms with Crippen molar-refractivity contribution in [3.05, 3.63) is 0 Å². The van der Waals surface area contributed by atoms with Gasteiger partial charge in [0.15, 0.2) is 9.84 Å². The van der Waals surface area contributed by atoms with Crippen LogP contribution in [0, 0.1) is 0 Å². The van der Waals surface area contributed by atoms with Crippen LogP contribution in [0.5, 0.6) is 0 Å². The summed E-state index contributed by atoms with van der Waals surface area (Å²) in [7, 11) is -2.98. The Labute approximate surface area is 119 Å². The van der Waals surface area contributed by atoms with Gasteiger partial charge in [-0.05, 0) is 13.3 Å². The molecule has 0 radical (unpaired) electrons. The lowest BCUT2D eigenvalue weighted by Gasteiger charge is -2.37. The fraction of sp³-hybridized carbons (Fsp3) is 0.917. The lowest BCUT2D eigenvalue weighted by molar-refractivity contribution is -0.128. The summed E-state index contributed by atoms with van der Waals surface area (Å²) in [4.78, 5) is 13.9. The average Bonchev–Trinajstić information content (AvgIpc) is 2.71. The van der Waals surface area contributed by atoms with Crippen LogP contribution in [0.1, 0.15) is 13.3 Å². The molecule has 20 heavy (non-hydrogen) atoms. The molecule has 2 heterocycles. The lowest BCUT2D eigenvalue weighted by atomic mass is 10.2. The van der Waals surface area contributed by atoms with Gasteiger partial charge in [-0.25, -0.2) is 8.42 Å². The highest BCUT2D eigenvalue weighted by Crippen LogP contribution is 2.13. The highest BCUT2D eigenvalue weighted by Gasteiger charge is 2.31. The first-order valence-electron chi connectivity index (χ1n) is 6.86. The van der Waals surface area contributed by atoms with Gasteiger partial charge in [-0.15, -0.1) is 0 Å². The van der Waals surface area contributed by atoms with E-state index >= 15 is 0 Å². The molecule has 2 fully saturated rings. The van der Waals surface area contributed by atoms with Crippen molar-refractivity contribution in [3.63, 3.8) is 0 Å². The number of amides is 1. The zero-order valence-corrected chi connectivity index (χ0v) is 12.4. The van der Waals surface area contributed by atoms with Gasteiger partial charge in [-0.1, -0.05) is 0 Å². The summed E-state index contributed by atoms with van der Waals surface area (Å²) in [6.45, 7) is 3.09. The Morgan fingerprint density at radius 2 is 2.25 bits per heavy atom. The van der Waals surface area contributed by atoms with Crippen molar-refractivity contribution in [2.45, 2.75) is 31.5 Å². The maximum Gasteiger partial charge on any atom is 0.234 e. The first-order valence-corrected chi connectivity index (χ1v) is 8.68. The minimum Gasteiger partial charge on any atom is -0.394 e. The molecule has 0 saturated carbocycles. The van der Waals surface area contributed by atoms with Crippen molar-refractivity contribution in [2.24, 2.45) is 0 Å². The number of ether oxygens (including phenoxy) is 1. The van der Waals surface area contributed by atoms with Gasteiger partial charge in [-0.2, -0.15) is 0 Å². The van der Waals surface area contributed by atoms with Crippen molar-refractivity contribution in [1.82, 2.24) is 10.2 Å². The van der Waals surface area contributed by atoms with Gasteiger partial charge in [0, 0.05) is 18.6 Å². The highest BCUT2D eigenvalue weighted by atomic mass is 32.2. The zero-order chi connectivity index (χ0) is 14.8. The van der Waals surface area contributed by atoms with Crippen LogP contribution in [0.2, 0.25) is 0 Å². The fourth-order valence-corrected chi connectivity index (χ4v) is 4.25. The van der Waals surface area contributed by atoms with E-state index in [9.17, 15) is 13.2 Å². The summed E-state index contributed by atoms with van der Waals surface area (Å²) in [5.41, 5.74) is 0. The van der Waals surface area contributed by atoms with Crippen molar-refractivity contribution < 1.29 is 23.1 Å². The van der Waals surface area contributed by atoms with Crippen LogP contribution in [0.25, 0.3) is 0 Å². The molecular formula is C12H22N2O5S. The number of nitrogens with one attached hydrogen (secondary N) is 1. The molecule has 2 N–H and O–H groups in total. The van der Waals surface area contributed by atoms with E-state index in [1.54, 1.807) is 0 Å². The van der Waals surface area contributed by atoms with E-state index in [0.717, 1.165) is 0 Å². The van der Waals surface area contributed by atoms with Gasteiger partial charge in [-0.3, -0.25) is 9.69 Å². The molecule has 0 bridgehead atoms. The van der Waals surface area contributed by atoms with E-state index in [2.05, 4.69) is 5.32 Å². The number of nitrogens with zero attached hydrogens (tertiary/aromatic N) is 1. The minimum absolute atomic E-state index is 0.0384. The van der Waals surface area contributed by atoms with Crippen LogP contribution < -0.4 is 5.32 Å². The Bertz CT molecular complexity index is 453. The molecule has 7 nitrogen and oxygen atoms in total. The number of carbonyl (C=O) groups is 1. The van der Waals surface area contributed by atoms with Gasteiger partial charge in [0.25, 0.3) is 0 Å². The fourth-order valence-electron chi connectivity index (χ4n) is 2.57. The number of aliphatic hydroxyl groups is 1. The molecule has 3 unspecified atom stereocenters. The van der Waals surface area contributed by atoms with Gasteiger partial charge < -0.3 is 15.2 Å². The summed E-state index contributed by atoms with van der Waals surface area (Å²) in [5, 5.41) is 11.9. The molecule has 0 aromatic carbocycles. The van der Waals surface area contributed by atoms with Gasteiger partial charge in [0.2, 0.25) is 5.91 Å². The van der Waals surface area contributed by atoms with Gasteiger partial charge in [0.1, 0.15) is 0 Å². The standard InChI is InChI=1S/C12H22N2O5S/c1-9-7-19-11(6-15)4-14(9)5-12(16)13-10-2-3-20(17,18)8-10/h9-11,15H,2-8H2,1H3,(H,13,16). The Balaban J connectivity index is 1.81. The average molecular weight is 306 g/mol. The SMILES string of the molecule is CC1COC(CO)CN1CC(=O)NC1CCS(=O)(=O)C1. The molecule has 1 amide bonds. The van der Waals surface area contributed by atoms with E-state index in [-0.39, 0.29) is 48.8 Å². The van der Waals surface area contributed by atoms with Crippen molar-refractivity contribution in [3.8, 4) is 0 Å². The van der Waals surface area contributed by atoms with Crippen molar-refractivity contribution in [1.29, 1.82) is 0 Å². The second-order valence-electron chi connectivity index (χ2n) is 5.58. The van der Waals surface area contributed by atoms with E-state index in [1.807, 2.05) is 11.8 Å². The Morgan fingerprint density at radius 1 is 1.50 bits per heavy atom. The molecule has 116 valence electrons. The number of hydrogen-bond donors (Lipinski definition) is 2. The van der Waals surface area contributed by atoms with E-state index in [4.69, 9.17) is 9.84 Å². The van der Waals surface area contributed by atoms with Gasteiger partial charge in [0.05, 0.1) is 37.4 Å². The number of carbonyl (C=O) groups excluding carboxylic acids is 1. The quantitative estimate of drug-likeness (QED) is 0.647. The Kier molecular flexibility index (Phi) is 5.00. The number of morpholine rings is 1. The van der Waals surface area contributed by atoms with E-state index in [0.29, 0.717) is 19.6 Å². The normalized spacial score (nSPS) is 34.0. The third-order valence-corrected chi connectivity index (χ3v) is 5.55. The highest BCUT2D eigenvalue weighted by molar-refractivity contribution is 7.91. The van der Waals surface area contributed by atoms with Crippen LogP contribution in [-0.2, 0) is 19.4 Å². The lowest BCUT2D eigenvalue weighted by Crippen LogP contribution is -2.53. The van der Waals surface area contributed by atoms with Crippen LogP contribution in [0.4, 0.5) is 0 Å². The summed E-state index contributed by atoms with van der Waals surface area (Å²) in [6, 6.07) is -0.159. The smallest absolute Gasteiger partial charge is 0.234 e. The molecule has 0 aromatic rings. The minimum atomic E-state index is -2.98. The summed E-state index contributed by atoms with van der Waals surface area (Å²) in [6.07, 6.45) is 0.234. The molecule has 8 heteroatoms. The second-order valence-corrected chi connectivity index (χ2v) is 7.81. The largest absolute Gasteiger partial charge is 0.394 e. The second kappa shape index (κ2) is 6.38. The number of sulfone groups is 1.